The smallest absolute Gasteiger partial charge is 0.301 e. The Morgan fingerprint density at radius 2 is 1.95 bits per heavy atom. The van der Waals surface area contributed by atoms with Crippen LogP contribution in [0.1, 0.15) is 24.8 Å². The molecule has 0 saturated heterocycles. The number of thiazole rings is 1. The Balaban J connectivity index is 1.71. The molecule has 8 nitrogen and oxygen atoms in total. The second kappa shape index (κ2) is 12.8. The first-order chi connectivity index (χ1) is 18.0. The normalized spacial score (nSPS) is 16.0. The van der Waals surface area contributed by atoms with Crippen molar-refractivity contribution < 1.29 is 30.5 Å². The molecule has 0 saturated carbocycles. The molecule has 2 heterocycles. The van der Waals surface area contributed by atoms with Crippen LogP contribution in [0, 0.1) is 0 Å². The number of thioether (sulfide) groups is 1. The molecule has 0 fully saturated rings. The SMILES string of the molecule is CCC(=Cc1sc2ccc(Cl)cc2[n+]1CCCS(=O)(=O)O)C=C1Sc2ccc(Cl)cc2N1CCOS(=O)O. The fourth-order valence-corrected chi connectivity index (χ4v) is 7.33. The zero-order valence-electron chi connectivity index (χ0n) is 20.2. The number of hydrogen-bond acceptors (Lipinski definition) is 7. The summed E-state index contributed by atoms with van der Waals surface area (Å²) >= 11 is 13.3. The van der Waals surface area contributed by atoms with Crippen molar-refractivity contribution in [2.45, 2.75) is 31.2 Å². The molecule has 1 aliphatic rings. The molecule has 1 aromatic heterocycles. The van der Waals surface area contributed by atoms with Crippen molar-refractivity contribution in [3.05, 3.63) is 68.1 Å². The van der Waals surface area contributed by atoms with Gasteiger partial charge < -0.3 is 4.90 Å². The quantitative estimate of drug-likeness (QED) is 0.146. The summed E-state index contributed by atoms with van der Waals surface area (Å²) in [6.07, 6.45) is 5.09. The molecule has 0 radical (unpaired) electrons. The standard InChI is InChI=1S/C24H24Cl2N2O6S4/c1-2-16(13-24-28(9-10-34-37(29)30)20-15-18(26)5-7-22(20)36-24)12-23-27(8-3-11-38(31,32)33)19-14-17(25)4-6-21(19)35-23/h4-7,12-15H,2-3,8-11H2,1H3,(H-,29,30,31,32,33)/p+1. The van der Waals surface area contributed by atoms with E-state index in [0.29, 0.717) is 29.6 Å². The molecule has 2 N–H and O–H groups in total. The topological polar surface area (TPSA) is 108 Å². The molecule has 204 valence electrons. The number of anilines is 1. The summed E-state index contributed by atoms with van der Waals surface area (Å²) in [6.45, 7) is 2.83. The fraction of sp³-hybridized carbons (Fsp3) is 0.292. The molecule has 2 aromatic carbocycles. The third kappa shape index (κ3) is 7.58. The maximum absolute atomic E-state index is 11.3. The maximum Gasteiger partial charge on any atom is 0.301 e. The van der Waals surface area contributed by atoms with E-state index in [2.05, 4.69) is 12.2 Å². The summed E-state index contributed by atoms with van der Waals surface area (Å²) in [5.74, 6) is -0.334. The molecule has 1 atom stereocenters. The highest BCUT2D eigenvalue weighted by atomic mass is 35.5. The molecule has 14 heteroatoms. The van der Waals surface area contributed by atoms with Crippen LogP contribution in [-0.4, -0.2) is 40.6 Å². The van der Waals surface area contributed by atoms with E-state index in [9.17, 15) is 17.2 Å². The number of aromatic nitrogens is 1. The van der Waals surface area contributed by atoms with E-state index in [-0.39, 0.29) is 18.8 Å². The van der Waals surface area contributed by atoms with Crippen LogP contribution in [0.25, 0.3) is 16.3 Å². The van der Waals surface area contributed by atoms with Gasteiger partial charge in [0.25, 0.3) is 15.1 Å². The van der Waals surface area contributed by atoms with Crippen LogP contribution >= 0.6 is 46.3 Å². The lowest BCUT2D eigenvalue weighted by atomic mass is 10.2. The predicted molar refractivity (Wildman–Crippen MR) is 156 cm³/mol. The lowest BCUT2D eigenvalue weighted by molar-refractivity contribution is -0.668. The van der Waals surface area contributed by atoms with Crippen LogP contribution < -0.4 is 9.47 Å². The first-order valence-corrected chi connectivity index (χ1v) is 16.6. The molecule has 4 rings (SSSR count). The van der Waals surface area contributed by atoms with Crippen molar-refractivity contribution in [3.8, 4) is 0 Å². The van der Waals surface area contributed by atoms with Crippen molar-refractivity contribution in [2.24, 2.45) is 0 Å². The van der Waals surface area contributed by atoms with Gasteiger partial charge in [-0.05, 0) is 48.4 Å². The van der Waals surface area contributed by atoms with Gasteiger partial charge in [-0.15, -0.1) is 0 Å². The largest absolute Gasteiger partial charge is 0.333 e. The van der Waals surface area contributed by atoms with Gasteiger partial charge >= 0.3 is 11.4 Å². The van der Waals surface area contributed by atoms with E-state index in [0.717, 1.165) is 36.4 Å². The average Bonchev–Trinajstić information content (AvgIpc) is 3.34. The third-order valence-electron chi connectivity index (χ3n) is 5.69. The van der Waals surface area contributed by atoms with Gasteiger partial charge in [-0.25, -0.2) is 0 Å². The first-order valence-electron chi connectivity index (χ1n) is 11.5. The van der Waals surface area contributed by atoms with Crippen LogP contribution in [-0.2, 0) is 32.2 Å². The Kier molecular flexibility index (Phi) is 9.93. The van der Waals surface area contributed by atoms with E-state index in [1.54, 1.807) is 23.1 Å². The van der Waals surface area contributed by atoms with Gasteiger partial charge in [0.1, 0.15) is 4.70 Å². The highest BCUT2D eigenvalue weighted by molar-refractivity contribution is 8.03. The number of benzene rings is 2. The Hall–Kier alpha value is -1.48. The van der Waals surface area contributed by atoms with E-state index < -0.39 is 21.5 Å². The molecule has 1 aliphatic heterocycles. The number of rotatable bonds is 11. The van der Waals surface area contributed by atoms with E-state index in [1.165, 1.54) is 0 Å². The van der Waals surface area contributed by atoms with E-state index >= 15 is 0 Å². The summed E-state index contributed by atoms with van der Waals surface area (Å²) in [7, 11) is -4.07. The van der Waals surface area contributed by atoms with E-state index in [1.807, 2.05) is 52.8 Å². The molecule has 3 aromatic rings. The lowest BCUT2D eigenvalue weighted by Gasteiger charge is -2.20. The number of allylic oxidation sites excluding steroid dienone is 2. The van der Waals surface area contributed by atoms with E-state index in [4.69, 9.17) is 31.9 Å². The molecular weight excluding hydrogens is 611 g/mol. The van der Waals surface area contributed by atoms with Gasteiger partial charge in [-0.1, -0.05) is 53.2 Å². The zero-order valence-corrected chi connectivity index (χ0v) is 25.0. The van der Waals surface area contributed by atoms with Gasteiger partial charge in [-0.2, -0.15) is 17.2 Å². The highest BCUT2D eigenvalue weighted by Gasteiger charge is 2.26. The van der Waals surface area contributed by atoms with Gasteiger partial charge in [-0.3, -0.25) is 13.3 Å². The minimum absolute atomic E-state index is 0.0446. The van der Waals surface area contributed by atoms with Crippen LogP contribution in [0.5, 0.6) is 0 Å². The Labute approximate surface area is 242 Å². The highest BCUT2D eigenvalue weighted by Crippen LogP contribution is 2.47. The van der Waals surface area contributed by atoms with Crippen molar-refractivity contribution in [1.29, 1.82) is 0 Å². The van der Waals surface area contributed by atoms with Crippen molar-refractivity contribution in [1.82, 2.24) is 0 Å². The summed E-state index contributed by atoms with van der Waals surface area (Å²) in [6, 6.07) is 11.2. The monoisotopic (exact) mass is 635 g/mol. The van der Waals surface area contributed by atoms with Gasteiger partial charge in [0, 0.05) is 40.0 Å². The van der Waals surface area contributed by atoms with Crippen LogP contribution in [0.4, 0.5) is 5.69 Å². The molecule has 0 spiro atoms. The summed E-state index contributed by atoms with van der Waals surface area (Å²) in [5, 5.41) is 3.00. The Bertz CT molecular complexity index is 1540. The minimum atomic E-state index is -4.07. The third-order valence-corrected chi connectivity index (χ3v) is 9.56. The number of halogens is 2. The van der Waals surface area contributed by atoms with Gasteiger partial charge in [0.2, 0.25) is 5.52 Å². The molecule has 0 aliphatic carbocycles. The number of hydrogen-bond donors (Lipinski definition) is 2. The van der Waals surface area contributed by atoms with Crippen LogP contribution in [0.3, 0.4) is 0 Å². The summed E-state index contributed by atoms with van der Waals surface area (Å²) < 4.78 is 59.7. The van der Waals surface area contributed by atoms with Crippen molar-refractivity contribution in [3.63, 3.8) is 0 Å². The first kappa shape index (κ1) is 29.5. The predicted octanol–water partition coefficient (Wildman–Crippen LogP) is 6.17. The van der Waals surface area contributed by atoms with Crippen LogP contribution in [0.15, 0.2) is 58.0 Å². The second-order valence-electron chi connectivity index (χ2n) is 8.30. The molecule has 38 heavy (non-hydrogen) atoms. The fourth-order valence-electron chi connectivity index (χ4n) is 3.99. The molecule has 1 unspecified atom stereocenters. The Morgan fingerprint density at radius 1 is 1.21 bits per heavy atom. The van der Waals surface area contributed by atoms with Crippen molar-refractivity contribution in [2.75, 3.05) is 23.8 Å². The number of aryl methyl sites for hydroxylation is 1. The van der Waals surface area contributed by atoms with Gasteiger partial charge in [0.15, 0.2) is 6.54 Å². The van der Waals surface area contributed by atoms with Crippen molar-refractivity contribution >= 4 is 89.8 Å². The second-order valence-corrected chi connectivity index (χ2v) is 13.5. The maximum atomic E-state index is 11.3. The lowest BCUT2D eigenvalue weighted by Crippen LogP contribution is -2.36. The summed E-state index contributed by atoms with van der Waals surface area (Å²) in [5.41, 5.74) is 2.80. The number of nitrogens with zero attached hydrogens (tertiary/aromatic N) is 2. The average molecular weight is 637 g/mol. The Morgan fingerprint density at radius 3 is 2.66 bits per heavy atom. The number of fused-ring (bicyclic) bond motifs is 2. The molecule has 0 amide bonds. The molecule has 0 bridgehead atoms. The zero-order chi connectivity index (χ0) is 27.4. The minimum Gasteiger partial charge on any atom is -0.333 e. The molecular formula is C24H25Cl2N2O6S4+. The summed E-state index contributed by atoms with van der Waals surface area (Å²) in [4.78, 5) is 3.02. The van der Waals surface area contributed by atoms with Crippen LogP contribution in [0.2, 0.25) is 10.0 Å². The van der Waals surface area contributed by atoms with Gasteiger partial charge in [0.05, 0.1) is 23.1 Å².